The minimum absolute atomic E-state index is 0.0957. The van der Waals surface area contributed by atoms with Gasteiger partial charge in [0.15, 0.2) is 0 Å². The predicted octanol–water partition coefficient (Wildman–Crippen LogP) is 8.50. The van der Waals surface area contributed by atoms with E-state index in [1.807, 2.05) is 24.5 Å². The number of hydrogen-bond acceptors (Lipinski definition) is 4. The first kappa shape index (κ1) is 37.9. The summed E-state index contributed by atoms with van der Waals surface area (Å²) in [5, 5.41) is 3.97. The molecule has 0 radical (unpaired) electrons. The minimum atomic E-state index is -0.391. The summed E-state index contributed by atoms with van der Waals surface area (Å²) in [6.07, 6.45) is 11.1. The summed E-state index contributed by atoms with van der Waals surface area (Å²) in [6, 6.07) is 27.9. The maximum absolute atomic E-state index is 14.3. The van der Waals surface area contributed by atoms with Gasteiger partial charge in [-0.25, -0.2) is 13.6 Å². The van der Waals surface area contributed by atoms with Crippen molar-refractivity contribution >= 4 is 54.8 Å². The zero-order valence-corrected chi connectivity index (χ0v) is 34.0. The lowest BCUT2D eigenvalue weighted by Crippen LogP contribution is -2.38. The molecule has 0 amide bonds. The smallest absolute Gasteiger partial charge is 0.331 e. The predicted molar refractivity (Wildman–Crippen MR) is 242 cm³/mol. The molecule has 310 valence electrons. The van der Waals surface area contributed by atoms with Gasteiger partial charge in [-0.3, -0.25) is 23.7 Å². The van der Waals surface area contributed by atoms with Crippen molar-refractivity contribution in [3.63, 3.8) is 0 Å². The van der Waals surface area contributed by atoms with Gasteiger partial charge in [0, 0.05) is 134 Å². The van der Waals surface area contributed by atoms with Crippen LogP contribution in [0.5, 0.6) is 0 Å². The Kier molecular flexibility index (Phi) is 9.46. The van der Waals surface area contributed by atoms with Crippen LogP contribution in [0.4, 0.5) is 8.78 Å². The van der Waals surface area contributed by atoms with Crippen LogP contribution in [0.3, 0.4) is 0 Å². The molecule has 2 aliphatic heterocycles. The number of halogens is 2. The van der Waals surface area contributed by atoms with Crippen LogP contribution in [0.25, 0.3) is 54.8 Å². The molecule has 4 aromatic carbocycles. The number of rotatable bonds is 10. The van der Waals surface area contributed by atoms with E-state index >= 15 is 0 Å². The van der Waals surface area contributed by atoms with Crippen molar-refractivity contribution in [1.82, 2.24) is 38.9 Å². The van der Waals surface area contributed by atoms with Crippen molar-refractivity contribution in [1.29, 1.82) is 0 Å². The molecule has 0 saturated carbocycles. The zero-order valence-electron chi connectivity index (χ0n) is 34.0. The monoisotopic (exact) mass is 826 g/mol. The number of aromatic nitrogens is 6. The van der Waals surface area contributed by atoms with Crippen molar-refractivity contribution in [2.75, 3.05) is 26.2 Å². The van der Waals surface area contributed by atoms with Gasteiger partial charge in [-0.1, -0.05) is 24.3 Å². The number of aromatic amines is 4. The SMILES string of the molecule is O=c1ccn(C/C=C(\CN2CCc3[nH]c4ccc(F)cc4c3C2)c2ccc3[nH]ccc3c2)c(=O)n1C/C=C(\CN1CCc2[nH]c3ccc(F)cc3c2C1)c1ccc2[nH]ccc2c1. The zero-order chi connectivity index (χ0) is 41.9. The minimum Gasteiger partial charge on any atom is -0.361 e. The maximum atomic E-state index is 14.3. The highest BCUT2D eigenvalue weighted by Crippen LogP contribution is 2.32. The molecule has 11 rings (SSSR count). The Hall–Kier alpha value is -7.02. The van der Waals surface area contributed by atoms with Crippen LogP contribution < -0.4 is 11.2 Å². The molecule has 0 atom stereocenters. The van der Waals surface area contributed by atoms with Gasteiger partial charge in [0.25, 0.3) is 5.56 Å². The van der Waals surface area contributed by atoms with Crippen LogP contribution in [-0.2, 0) is 39.0 Å². The van der Waals surface area contributed by atoms with Gasteiger partial charge in [0.05, 0.1) is 0 Å². The molecule has 0 saturated heterocycles. The van der Waals surface area contributed by atoms with E-state index in [9.17, 15) is 18.4 Å². The molecule has 0 bridgehead atoms. The fraction of sp³-hybridized carbons (Fsp3) is 0.200. The Morgan fingerprint density at radius 2 is 1.11 bits per heavy atom. The van der Waals surface area contributed by atoms with E-state index in [-0.39, 0.29) is 30.3 Å². The lowest BCUT2D eigenvalue weighted by molar-refractivity contribution is 0.286. The van der Waals surface area contributed by atoms with Crippen LogP contribution in [0.15, 0.2) is 131 Å². The van der Waals surface area contributed by atoms with E-state index < -0.39 is 5.69 Å². The molecular weight excluding hydrogens is 783 g/mol. The molecule has 9 aromatic rings. The highest BCUT2D eigenvalue weighted by atomic mass is 19.1. The number of benzene rings is 4. The molecule has 10 nitrogen and oxygen atoms in total. The lowest BCUT2D eigenvalue weighted by atomic mass is 10.00. The quantitative estimate of drug-likeness (QED) is 0.111. The Labute approximate surface area is 354 Å². The number of allylic oxidation sites excluding steroid dienone is 2. The van der Waals surface area contributed by atoms with Crippen LogP contribution in [0.2, 0.25) is 0 Å². The van der Waals surface area contributed by atoms with Crippen molar-refractivity contribution in [3.05, 3.63) is 188 Å². The Balaban J connectivity index is 0.895. The summed E-state index contributed by atoms with van der Waals surface area (Å²) < 4.78 is 31.6. The molecule has 12 heteroatoms. The van der Waals surface area contributed by atoms with Crippen LogP contribution in [-0.4, -0.2) is 65.0 Å². The average molecular weight is 827 g/mol. The van der Waals surface area contributed by atoms with Gasteiger partial charge in [-0.15, -0.1) is 0 Å². The summed E-state index contributed by atoms with van der Waals surface area (Å²) in [5.74, 6) is -0.509. The van der Waals surface area contributed by atoms with Gasteiger partial charge >= 0.3 is 5.69 Å². The number of nitrogens with zero attached hydrogens (tertiary/aromatic N) is 4. The summed E-state index contributed by atoms with van der Waals surface area (Å²) in [5.41, 5.74) is 11.8. The number of H-pyrrole nitrogens is 4. The highest BCUT2D eigenvalue weighted by Gasteiger charge is 2.24. The third-order valence-electron chi connectivity index (χ3n) is 12.9. The molecule has 0 spiro atoms. The Morgan fingerprint density at radius 1 is 0.597 bits per heavy atom. The molecule has 7 heterocycles. The molecule has 0 unspecified atom stereocenters. The number of fused-ring (bicyclic) bond motifs is 8. The van der Waals surface area contributed by atoms with Crippen LogP contribution in [0, 0.1) is 11.6 Å². The van der Waals surface area contributed by atoms with Gasteiger partial charge in [-0.2, -0.15) is 0 Å². The highest BCUT2D eigenvalue weighted by molar-refractivity contribution is 5.87. The van der Waals surface area contributed by atoms with Crippen LogP contribution >= 0.6 is 0 Å². The maximum Gasteiger partial charge on any atom is 0.331 e. The molecule has 0 fully saturated rings. The summed E-state index contributed by atoms with van der Waals surface area (Å²) in [4.78, 5) is 45.9. The summed E-state index contributed by atoms with van der Waals surface area (Å²) in [6.45, 7) is 4.49. The van der Waals surface area contributed by atoms with Crippen LogP contribution in [0.1, 0.15) is 33.6 Å². The number of nitrogens with one attached hydrogen (secondary N) is 4. The largest absolute Gasteiger partial charge is 0.361 e. The van der Waals surface area contributed by atoms with E-state index in [4.69, 9.17) is 0 Å². The third-order valence-corrected chi connectivity index (χ3v) is 12.9. The normalized spacial score (nSPS) is 15.3. The first-order chi connectivity index (χ1) is 30.3. The second-order valence-electron chi connectivity index (χ2n) is 16.7. The topological polar surface area (TPSA) is 114 Å². The second kappa shape index (κ2) is 15.5. The second-order valence-corrected chi connectivity index (χ2v) is 16.7. The van der Waals surface area contributed by atoms with E-state index in [1.54, 1.807) is 35.0 Å². The van der Waals surface area contributed by atoms with Gasteiger partial charge in [0.1, 0.15) is 11.6 Å². The fourth-order valence-corrected chi connectivity index (χ4v) is 9.56. The van der Waals surface area contributed by atoms with Crippen molar-refractivity contribution in [2.45, 2.75) is 39.0 Å². The van der Waals surface area contributed by atoms with E-state index in [0.717, 1.165) is 114 Å². The Morgan fingerprint density at radius 3 is 1.66 bits per heavy atom. The first-order valence-corrected chi connectivity index (χ1v) is 21.2. The fourth-order valence-electron chi connectivity index (χ4n) is 9.56. The van der Waals surface area contributed by atoms with Crippen molar-refractivity contribution < 1.29 is 8.78 Å². The van der Waals surface area contributed by atoms with Crippen molar-refractivity contribution in [3.8, 4) is 0 Å². The standard InChI is InChI=1S/C50H44F2N8O2/c51-37-3-7-45-39(25-37)41-29-57(18-13-47(41)55-45)27-35(31-1-5-43-33(23-31)9-16-53-43)11-20-59-21-15-49(61)60(50(59)62)22-12-36(32-2-6-44-34(24-32)10-17-54-44)28-58-19-14-48-42(30-58)40-26-38(52)4-8-46(40)56-48/h1-12,15-17,21,23-26,53-56H,13-14,18-20,22,27-30H2/b35-11+,36-12+. The molecular formula is C50H44F2N8O2. The summed E-state index contributed by atoms with van der Waals surface area (Å²) >= 11 is 0. The van der Waals surface area contributed by atoms with Gasteiger partial charge in [0.2, 0.25) is 0 Å². The number of hydrogen-bond donors (Lipinski definition) is 4. The lowest BCUT2D eigenvalue weighted by Gasteiger charge is -2.28. The van der Waals surface area contributed by atoms with E-state index in [1.165, 1.54) is 22.8 Å². The van der Waals surface area contributed by atoms with Gasteiger partial charge in [-0.05, 0) is 117 Å². The van der Waals surface area contributed by atoms with Crippen molar-refractivity contribution in [2.24, 2.45) is 0 Å². The average Bonchev–Trinajstić information content (AvgIpc) is 4.10. The molecule has 5 aromatic heterocycles. The molecule has 2 aliphatic rings. The Bertz CT molecular complexity index is 3380. The van der Waals surface area contributed by atoms with E-state index in [2.05, 4.69) is 78.3 Å². The molecule has 4 N–H and O–H groups in total. The summed E-state index contributed by atoms with van der Waals surface area (Å²) in [7, 11) is 0. The van der Waals surface area contributed by atoms with E-state index in [0.29, 0.717) is 26.2 Å². The van der Waals surface area contributed by atoms with Gasteiger partial charge < -0.3 is 19.9 Å². The molecule has 0 aliphatic carbocycles. The first-order valence-electron chi connectivity index (χ1n) is 21.2. The molecule has 62 heavy (non-hydrogen) atoms. The third kappa shape index (κ3) is 7.10.